The lowest BCUT2D eigenvalue weighted by molar-refractivity contribution is 0.122. The van der Waals surface area contributed by atoms with Gasteiger partial charge >= 0.3 is 0 Å². The van der Waals surface area contributed by atoms with Gasteiger partial charge < -0.3 is 14.8 Å². The van der Waals surface area contributed by atoms with Gasteiger partial charge in [-0.15, -0.1) is 0 Å². The Morgan fingerprint density at radius 1 is 1.11 bits per heavy atom. The summed E-state index contributed by atoms with van der Waals surface area (Å²) in [6, 6.07) is 11.0. The number of hydrogen-bond donors (Lipinski definition) is 1. The minimum absolute atomic E-state index is 0.335. The molecule has 0 amide bonds. The molecule has 0 aliphatic heterocycles. The van der Waals surface area contributed by atoms with E-state index in [0.717, 1.165) is 29.4 Å². The molecule has 6 heteroatoms. The van der Waals surface area contributed by atoms with Gasteiger partial charge in [0, 0.05) is 43.6 Å². The maximum absolute atomic E-state index is 14.7. The number of fused-ring (bicyclic) bond motifs is 1. The Bertz CT molecular complexity index is 908. The van der Waals surface area contributed by atoms with Crippen LogP contribution in [-0.2, 0) is 11.8 Å². The van der Waals surface area contributed by atoms with E-state index in [4.69, 9.17) is 9.47 Å². The number of nitrogens with one attached hydrogen (secondary N) is 1. The normalized spacial score (nSPS) is 11.3. The van der Waals surface area contributed by atoms with E-state index in [-0.39, 0.29) is 5.82 Å². The van der Waals surface area contributed by atoms with Crippen LogP contribution in [0.1, 0.15) is 12.0 Å². The van der Waals surface area contributed by atoms with Crippen LogP contribution in [0.3, 0.4) is 0 Å². The summed E-state index contributed by atoms with van der Waals surface area (Å²) in [7, 11) is 3.76. The summed E-state index contributed by atoms with van der Waals surface area (Å²) in [6.45, 7) is 4.66. The standard InChI is InChI=1S/C21H26FN3O2/c1-15-5-7-18-20(13-15)25(3)24-21(18)17-8-6-16(14-19(17)22)27-11-4-10-26-12-9-23-2/h5-8,13-14,23H,4,9-12H2,1-3H3. The van der Waals surface area contributed by atoms with E-state index < -0.39 is 0 Å². The van der Waals surface area contributed by atoms with Crippen LogP contribution in [0.25, 0.3) is 22.2 Å². The second-order valence-electron chi connectivity index (χ2n) is 6.55. The lowest BCUT2D eigenvalue weighted by atomic mass is 10.1. The summed E-state index contributed by atoms with van der Waals surface area (Å²) >= 11 is 0. The molecule has 1 N–H and O–H groups in total. The molecule has 0 bridgehead atoms. The number of aryl methyl sites for hydroxylation is 2. The van der Waals surface area contributed by atoms with Gasteiger partial charge in [-0.3, -0.25) is 4.68 Å². The number of rotatable bonds is 9. The van der Waals surface area contributed by atoms with Crippen molar-refractivity contribution in [2.75, 3.05) is 33.4 Å². The van der Waals surface area contributed by atoms with Gasteiger partial charge in [-0.2, -0.15) is 5.10 Å². The minimum Gasteiger partial charge on any atom is -0.493 e. The smallest absolute Gasteiger partial charge is 0.136 e. The number of ether oxygens (including phenoxy) is 2. The summed E-state index contributed by atoms with van der Waals surface area (Å²) in [4.78, 5) is 0. The van der Waals surface area contributed by atoms with Crippen molar-refractivity contribution >= 4 is 10.9 Å². The molecule has 0 radical (unpaired) electrons. The van der Waals surface area contributed by atoms with Crippen molar-refractivity contribution in [2.24, 2.45) is 7.05 Å². The molecule has 1 heterocycles. The topological polar surface area (TPSA) is 48.3 Å². The van der Waals surface area contributed by atoms with Gasteiger partial charge in [0.25, 0.3) is 0 Å². The fourth-order valence-electron chi connectivity index (χ4n) is 2.97. The average molecular weight is 371 g/mol. The summed E-state index contributed by atoms with van der Waals surface area (Å²) in [6.07, 6.45) is 0.761. The molecule has 144 valence electrons. The van der Waals surface area contributed by atoms with Gasteiger partial charge in [-0.25, -0.2) is 4.39 Å². The number of nitrogens with zero attached hydrogens (tertiary/aromatic N) is 2. The highest BCUT2D eigenvalue weighted by Gasteiger charge is 2.15. The molecule has 27 heavy (non-hydrogen) atoms. The summed E-state index contributed by atoms with van der Waals surface area (Å²) in [5.41, 5.74) is 3.26. The van der Waals surface area contributed by atoms with Crippen LogP contribution in [0.15, 0.2) is 36.4 Å². The van der Waals surface area contributed by atoms with Gasteiger partial charge in [-0.05, 0) is 37.7 Å². The molecule has 1 aromatic heterocycles. The molecule has 3 rings (SSSR count). The van der Waals surface area contributed by atoms with Crippen molar-refractivity contribution in [3.63, 3.8) is 0 Å². The number of halogens is 1. The maximum Gasteiger partial charge on any atom is 0.136 e. The molecule has 0 unspecified atom stereocenters. The van der Waals surface area contributed by atoms with Gasteiger partial charge in [-0.1, -0.05) is 12.1 Å². The number of likely N-dealkylation sites (N-methyl/N-ethyl adjacent to an activating group) is 1. The molecule has 0 saturated carbocycles. The zero-order valence-electron chi connectivity index (χ0n) is 16.1. The SMILES string of the molecule is CNCCOCCCOc1ccc(-c2nn(C)c3cc(C)ccc23)c(F)c1. The van der Waals surface area contributed by atoms with Crippen molar-refractivity contribution in [3.05, 3.63) is 47.8 Å². The number of hydrogen-bond acceptors (Lipinski definition) is 4. The zero-order chi connectivity index (χ0) is 19.2. The largest absolute Gasteiger partial charge is 0.493 e. The van der Waals surface area contributed by atoms with E-state index in [1.165, 1.54) is 6.07 Å². The number of aromatic nitrogens is 2. The van der Waals surface area contributed by atoms with Crippen LogP contribution in [0, 0.1) is 12.7 Å². The predicted molar refractivity (Wildman–Crippen MR) is 106 cm³/mol. The van der Waals surface area contributed by atoms with Crippen molar-refractivity contribution in [2.45, 2.75) is 13.3 Å². The van der Waals surface area contributed by atoms with E-state index in [1.807, 2.05) is 33.2 Å². The van der Waals surface area contributed by atoms with Crippen molar-refractivity contribution in [1.29, 1.82) is 0 Å². The first-order valence-electron chi connectivity index (χ1n) is 9.18. The van der Waals surface area contributed by atoms with Crippen LogP contribution in [0.5, 0.6) is 5.75 Å². The molecular formula is C21H26FN3O2. The first kappa shape index (κ1) is 19.3. The predicted octanol–water partition coefficient (Wildman–Crippen LogP) is 3.69. The van der Waals surface area contributed by atoms with Crippen molar-refractivity contribution < 1.29 is 13.9 Å². The average Bonchev–Trinajstić information content (AvgIpc) is 2.97. The van der Waals surface area contributed by atoms with Gasteiger partial charge in [0.05, 0.1) is 18.7 Å². The molecule has 2 aromatic carbocycles. The molecule has 5 nitrogen and oxygen atoms in total. The third-order valence-corrected chi connectivity index (χ3v) is 4.40. The second-order valence-corrected chi connectivity index (χ2v) is 6.55. The van der Waals surface area contributed by atoms with E-state index in [1.54, 1.807) is 16.8 Å². The Labute approximate surface area is 159 Å². The van der Waals surface area contributed by atoms with Crippen LogP contribution >= 0.6 is 0 Å². The molecule has 0 fully saturated rings. The van der Waals surface area contributed by atoms with Gasteiger partial charge in [0.2, 0.25) is 0 Å². The number of benzene rings is 2. The van der Waals surface area contributed by atoms with Gasteiger partial charge in [0.15, 0.2) is 0 Å². The summed E-state index contributed by atoms with van der Waals surface area (Å²) in [5, 5.41) is 8.48. The van der Waals surface area contributed by atoms with Gasteiger partial charge in [0.1, 0.15) is 17.3 Å². The highest BCUT2D eigenvalue weighted by atomic mass is 19.1. The quantitative estimate of drug-likeness (QED) is 0.583. The van der Waals surface area contributed by atoms with E-state index in [0.29, 0.717) is 36.8 Å². The zero-order valence-corrected chi connectivity index (χ0v) is 16.1. The monoisotopic (exact) mass is 371 g/mol. The van der Waals surface area contributed by atoms with Crippen LogP contribution in [0.2, 0.25) is 0 Å². The van der Waals surface area contributed by atoms with Crippen molar-refractivity contribution in [1.82, 2.24) is 15.1 Å². The third kappa shape index (κ3) is 4.64. The molecular weight excluding hydrogens is 345 g/mol. The highest BCUT2D eigenvalue weighted by Crippen LogP contribution is 2.31. The molecule has 0 spiro atoms. The Kier molecular flexibility index (Phi) is 6.42. The van der Waals surface area contributed by atoms with E-state index >= 15 is 0 Å². The molecule has 0 aliphatic carbocycles. The Hall–Kier alpha value is -2.44. The fraction of sp³-hybridized carbons (Fsp3) is 0.381. The van der Waals surface area contributed by atoms with Crippen molar-refractivity contribution in [3.8, 4) is 17.0 Å². The Balaban J connectivity index is 1.67. The van der Waals surface area contributed by atoms with Crippen LogP contribution in [0.4, 0.5) is 4.39 Å². The first-order chi connectivity index (χ1) is 13.1. The minimum atomic E-state index is -0.335. The van der Waals surface area contributed by atoms with E-state index in [2.05, 4.69) is 16.5 Å². The first-order valence-corrected chi connectivity index (χ1v) is 9.18. The Morgan fingerprint density at radius 2 is 1.96 bits per heavy atom. The van der Waals surface area contributed by atoms with Crippen LogP contribution in [-0.4, -0.2) is 43.2 Å². The second kappa shape index (κ2) is 8.97. The molecule has 0 aliphatic rings. The third-order valence-electron chi connectivity index (χ3n) is 4.40. The fourth-order valence-corrected chi connectivity index (χ4v) is 2.97. The van der Waals surface area contributed by atoms with Crippen LogP contribution < -0.4 is 10.1 Å². The molecule has 0 atom stereocenters. The van der Waals surface area contributed by atoms with E-state index in [9.17, 15) is 4.39 Å². The lowest BCUT2D eigenvalue weighted by Gasteiger charge is -2.08. The Morgan fingerprint density at radius 3 is 2.74 bits per heavy atom. The maximum atomic E-state index is 14.7. The summed E-state index contributed by atoms with van der Waals surface area (Å²) < 4.78 is 27.6. The molecule has 3 aromatic rings. The molecule has 0 saturated heterocycles. The lowest BCUT2D eigenvalue weighted by Crippen LogP contribution is -2.15. The highest BCUT2D eigenvalue weighted by molar-refractivity contribution is 5.93. The summed E-state index contributed by atoms with van der Waals surface area (Å²) in [5.74, 6) is 0.181.